The molecule has 1 rings (SSSR count). The monoisotopic (exact) mass is 377 g/mol. The van der Waals surface area contributed by atoms with Crippen LogP contribution in [0.3, 0.4) is 0 Å². The van der Waals surface area contributed by atoms with Crippen LogP contribution >= 0.6 is 38.5 Å². The van der Waals surface area contributed by atoms with Crippen LogP contribution < -0.4 is 0 Å². The van der Waals surface area contributed by atoms with E-state index in [1.54, 1.807) is 22.6 Å². The lowest BCUT2D eigenvalue weighted by molar-refractivity contribution is 0.0687. The molecule has 0 aliphatic heterocycles. The van der Waals surface area contributed by atoms with Gasteiger partial charge in [-0.3, -0.25) is 0 Å². The zero-order chi connectivity index (χ0) is 10.9. The molecule has 1 aromatic rings. The molecule has 14 heavy (non-hydrogen) atoms. The molecule has 0 saturated carbocycles. The number of aromatic carboxylic acids is 1. The number of pyridine rings is 1. The van der Waals surface area contributed by atoms with Gasteiger partial charge in [0.15, 0.2) is 5.69 Å². The van der Waals surface area contributed by atoms with Gasteiger partial charge in [-0.1, -0.05) is 0 Å². The van der Waals surface area contributed by atoms with Crippen LogP contribution in [-0.4, -0.2) is 16.1 Å². The summed E-state index contributed by atoms with van der Waals surface area (Å²) in [5.41, 5.74) is -0.929. The molecule has 0 aliphatic carbocycles. The quantitative estimate of drug-likeness (QED) is 0.806. The molecule has 0 aromatic carbocycles. The van der Waals surface area contributed by atoms with Crippen molar-refractivity contribution in [1.82, 2.24) is 4.98 Å². The van der Waals surface area contributed by atoms with Crippen molar-refractivity contribution in [2.24, 2.45) is 0 Å². The van der Waals surface area contributed by atoms with Crippen LogP contribution in [0.25, 0.3) is 0 Å². The van der Waals surface area contributed by atoms with E-state index < -0.39 is 23.8 Å². The van der Waals surface area contributed by atoms with Crippen LogP contribution in [0.5, 0.6) is 0 Å². The van der Waals surface area contributed by atoms with E-state index in [9.17, 15) is 13.6 Å². The number of aromatic nitrogens is 1. The van der Waals surface area contributed by atoms with Gasteiger partial charge < -0.3 is 5.11 Å². The predicted octanol–water partition coefficient (Wildman–Crippen LogP) is 3.08. The van der Waals surface area contributed by atoms with E-state index in [0.717, 1.165) is 6.07 Å². The van der Waals surface area contributed by atoms with Crippen molar-refractivity contribution < 1.29 is 18.7 Å². The molecule has 0 amide bonds. The fourth-order valence-electron chi connectivity index (χ4n) is 0.770. The Bertz CT molecular complexity index is 386. The summed E-state index contributed by atoms with van der Waals surface area (Å²) in [6, 6.07) is 1.14. The summed E-state index contributed by atoms with van der Waals surface area (Å²) in [6.45, 7) is 0. The number of carboxylic acid groups (broad SMARTS) is 1. The summed E-state index contributed by atoms with van der Waals surface area (Å²) >= 11 is 4.73. The van der Waals surface area contributed by atoms with Crippen LogP contribution in [-0.2, 0) is 0 Å². The Balaban J connectivity index is 3.35. The molecule has 0 aliphatic rings. The van der Waals surface area contributed by atoms with E-state index in [0.29, 0.717) is 3.57 Å². The first kappa shape index (κ1) is 11.8. The molecule has 0 fully saturated rings. The van der Waals surface area contributed by atoms with Crippen LogP contribution in [0.2, 0.25) is 0 Å². The zero-order valence-corrected chi connectivity index (χ0v) is 10.2. The van der Waals surface area contributed by atoms with Gasteiger partial charge in [0.25, 0.3) is 6.43 Å². The Hall–Kier alpha value is -0.310. The summed E-state index contributed by atoms with van der Waals surface area (Å²) in [5.74, 6) is -1.34. The van der Waals surface area contributed by atoms with E-state index in [2.05, 4.69) is 20.9 Å². The highest BCUT2D eigenvalue weighted by Gasteiger charge is 2.18. The van der Waals surface area contributed by atoms with Gasteiger partial charge in [-0.2, -0.15) is 0 Å². The van der Waals surface area contributed by atoms with Gasteiger partial charge in [-0.05, 0) is 44.6 Å². The van der Waals surface area contributed by atoms with Gasteiger partial charge in [0.2, 0.25) is 0 Å². The lowest BCUT2D eigenvalue weighted by atomic mass is 10.3. The van der Waals surface area contributed by atoms with Gasteiger partial charge in [0.05, 0.1) is 4.47 Å². The van der Waals surface area contributed by atoms with E-state index in [1.165, 1.54) is 0 Å². The minimum Gasteiger partial charge on any atom is -0.476 e. The molecule has 76 valence electrons. The fraction of sp³-hybridized carbons (Fsp3) is 0.143. The molecule has 0 atom stereocenters. The molecule has 0 radical (unpaired) electrons. The Morgan fingerprint density at radius 1 is 1.64 bits per heavy atom. The average molecular weight is 378 g/mol. The van der Waals surface area contributed by atoms with Crippen molar-refractivity contribution in [3.05, 3.63) is 25.5 Å². The summed E-state index contributed by atoms with van der Waals surface area (Å²) in [6.07, 6.45) is -2.77. The second-order valence-corrected chi connectivity index (χ2v) is 4.25. The van der Waals surface area contributed by atoms with Gasteiger partial charge in [0, 0.05) is 3.57 Å². The van der Waals surface area contributed by atoms with Gasteiger partial charge in [-0.25, -0.2) is 18.6 Å². The van der Waals surface area contributed by atoms with E-state index in [4.69, 9.17) is 5.11 Å². The molecule has 0 bridgehead atoms. The van der Waals surface area contributed by atoms with Crippen LogP contribution in [0.4, 0.5) is 8.78 Å². The highest BCUT2D eigenvalue weighted by molar-refractivity contribution is 14.1. The molecule has 1 N–H and O–H groups in total. The van der Waals surface area contributed by atoms with Crippen LogP contribution in [0.15, 0.2) is 10.5 Å². The summed E-state index contributed by atoms with van der Waals surface area (Å²) < 4.78 is 25.1. The van der Waals surface area contributed by atoms with Crippen molar-refractivity contribution >= 4 is 44.5 Å². The maximum atomic E-state index is 12.2. The molecule has 0 unspecified atom stereocenters. The number of alkyl halides is 2. The molecule has 1 heterocycles. The normalized spacial score (nSPS) is 10.6. The first-order valence-corrected chi connectivity index (χ1v) is 5.18. The second-order valence-electron chi connectivity index (χ2n) is 2.30. The van der Waals surface area contributed by atoms with Crippen molar-refractivity contribution in [2.45, 2.75) is 6.43 Å². The van der Waals surface area contributed by atoms with Crippen molar-refractivity contribution in [2.75, 3.05) is 0 Å². The number of hydrogen-bond acceptors (Lipinski definition) is 2. The third-order valence-electron chi connectivity index (χ3n) is 1.36. The minimum absolute atomic E-state index is 0.218. The van der Waals surface area contributed by atoms with E-state index >= 15 is 0 Å². The van der Waals surface area contributed by atoms with Gasteiger partial charge >= 0.3 is 5.97 Å². The third kappa shape index (κ3) is 2.38. The average Bonchev–Trinajstić information content (AvgIpc) is 2.08. The number of hydrogen-bond donors (Lipinski definition) is 1. The lowest BCUT2D eigenvalue weighted by Gasteiger charge is -2.04. The Kier molecular flexibility index (Phi) is 3.76. The second kappa shape index (κ2) is 4.47. The summed E-state index contributed by atoms with van der Waals surface area (Å²) in [4.78, 5) is 13.9. The minimum atomic E-state index is -2.77. The highest BCUT2D eigenvalue weighted by Crippen LogP contribution is 2.27. The Morgan fingerprint density at radius 3 is 2.64 bits per heavy atom. The first-order chi connectivity index (χ1) is 6.43. The number of halogens is 4. The smallest absolute Gasteiger partial charge is 0.355 e. The topological polar surface area (TPSA) is 50.2 Å². The Labute approximate surface area is 99.8 Å². The first-order valence-electron chi connectivity index (χ1n) is 3.31. The van der Waals surface area contributed by atoms with Gasteiger partial charge in [-0.15, -0.1) is 0 Å². The molecular formula is C7H3BrF2INO2. The predicted molar refractivity (Wildman–Crippen MR) is 56.6 cm³/mol. The molecular weight excluding hydrogens is 375 g/mol. The Morgan fingerprint density at radius 2 is 2.21 bits per heavy atom. The maximum absolute atomic E-state index is 12.2. The largest absolute Gasteiger partial charge is 0.476 e. The number of carbonyl (C=O) groups is 1. The highest BCUT2D eigenvalue weighted by atomic mass is 127. The number of nitrogens with zero attached hydrogens (tertiary/aromatic N) is 1. The van der Waals surface area contributed by atoms with Crippen LogP contribution in [0, 0.1) is 3.57 Å². The number of carboxylic acids is 1. The van der Waals surface area contributed by atoms with Crippen molar-refractivity contribution in [1.29, 1.82) is 0 Å². The fourth-order valence-corrected chi connectivity index (χ4v) is 1.72. The molecule has 3 nitrogen and oxygen atoms in total. The number of rotatable bonds is 2. The molecule has 0 saturated heterocycles. The standard InChI is InChI=1S/C7H3BrF2INO2/c8-4-2(11)1-3(6(9)10)12-5(4)7(13)14/h1,6H,(H,13,14). The SMILES string of the molecule is O=C(O)c1nc(C(F)F)cc(I)c1Br. The molecule has 0 spiro atoms. The zero-order valence-electron chi connectivity index (χ0n) is 6.47. The lowest BCUT2D eigenvalue weighted by Crippen LogP contribution is -2.06. The molecule has 7 heteroatoms. The van der Waals surface area contributed by atoms with Crippen molar-refractivity contribution in [3.8, 4) is 0 Å². The molecule has 1 aromatic heterocycles. The van der Waals surface area contributed by atoms with E-state index in [-0.39, 0.29) is 4.47 Å². The van der Waals surface area contributed by atoms with E-state index in [1.807, 2.05) is 0 Å². The van der Waals surface area contributed by atoms with Crippen LogP contribution in [0.1, 0.15) is 22.6 Å². The maximum Gasteiger partial charge on any atom is 0.355 e. The van der Waals surface area contributed by atoms with Gasteiger partial charge in [0.1, 0.15) is 5.69 Å². The van der Waals surface area contributed by atoms with Crippen molar-refractivity contribution in [3.63, 3.8) is 0 Å². The third-order valence-corrected chi connectivity index (χ3v) is 3.75. The summed E-state index contributed by atoms with van der Waals surface area (Å²) in [5, 5.41) is 8.66. The summed E-state index contributed by atoms with van der Waals surface area (Å²) in [7, 11) is 0.